The van der Waals surface area contributed by atoms with Crippen molar-refractivity contribution in [2.24, 2.45) is 0 Å². The molecule has 0 amide bonds. The van der Waals surface area contributed by atoms with E-state index in [-0.39, 0.29) is 11.5 Å². The molecule has 2 rings (SSSR count). The van der Waals surface area contributed by atoms with E-state index in [1.54, 1.807) is 13.0 Å². The van der Waals surface area contributed by atoms with Gasteiger partial charge in [-0.3, -0.25) is 14.9 Å². The van der Waals surface area contributed by atoms with Gasteiger partial charge in [0.25, 0.3) is 11.2 Å². The smallest absolute Gasteiger partial charge is 0.270 e. The molecule has 0 radical (unpaired) electrons. The lowest BCUT2D eigenvalue weighted by atomic mass is 10.1. The van der Waals surface area contributed by atoms with Crippen molar-refractivity contribution in [3.8, 4) is 17.3 Å². The van der Waals surface area contributed by atoms with E-state index < -0.39 is 16.4 Å². The predicted octanol–water partition coefficient (Wildman–Crippen LogP) is 1.36. The molecule has 0 aliphatic carbocycles. The second-order valence-electron chi connectivity index (χ2n) is 3.71. The van der Waals surface area contributed by atoms with Gasteiger partial charge in [0.05, 0.1) is 11.0 Å². The Labute approximate surface area is 101 Å². The fourth-order valence-electron chi connectivity index (χ4n) is 1.55. The maximum absolute atomic E-state index is 11.2. The van der Waals surface area contributed by atoms with Gasteiger partial charge in [-0.1, -0.05) is 6.07 Å². The van der Waals surface area contributed by atoms with Gasteiger partial charge in [-0.2, -0.15) is 4.98 Å². The second-order valence-corrected chi connectivity index (χ2v) is 3.71. The number of aryl methyl sites for hydroxylation is 1. The number of H-pyrrole nitrogens is 1. The molecule has 0 saturated carbocycles. The maximum Gasteiger partial charge on any atom is 0.270 e. The minimum absolute atomic E-state index is 0.0983. The fraction of sp³-hybridized carbons (Fsp3) is 0.0909. The molecule has 0 spiro atoms. The van der Waals surface area contributed by atoms with Crippen molar-refractivity contribution in [3.05, 3.63) is 50.3 Å². The molecule has 0 bridgehead atoms. The highest BCUT2D eigenvalue weighted by molar-refractivity contribution is 5.63. The third-order valence-corrected chi connectivity index (χ3v) is 2.42. The number of nitrogens with zero attached hydrogens (tertiary/aromatic N) is 2. The zero-order valence-electron chi connectivity index (χ0n) is 9.38. The molecule has 0 fully saturated rings. The third-order valence-electron chi connectivity index (χ3n) is 2.42. The van der Waals surface area contributed by atoms with Crippen LogP contribution in [0.25, 0.3) is 11.4 Å². The molecule has 0 saturated heterocycles. The molecule has 1 heterocycles. The molecule has 7 nitrogen and oxygen atoms in total. The Morgan fingerprint density at radius 2 is 2.11 bits per heavy atom. The minimum Gasteiger partial charge on any atom is -0.493 e. The maximum atomic E-state index is 11.2. The van der Waals surface area contributed by atoms with E-state index in [9.17, 15) is 20.0 Å². The lowest BCUT2D eigenvalue weighted by Crippen LogP contribution is -2.07. The molecular formula is C11H9N3O4. The summed E-state index contributed by atoms with van der Waals surface area (Å²) in [4.78, 5) is 27.5. The zero-order chi connectivity index (χ0) is 13.3. The quantitative estimate of drug-likeness (QED) is 0.615. The van der Waals surface area contributed by atoms with Crippen LogP contribution in [0, 0.1) is 17.0 Å². The molecule has 2 N–H and O–H groups in total. The van der Waals surface area contributed by atoms with Gasteiger partial charge in [0.2, 0.25) is 5.88 Å². The van der Waals surface area contributed by atoms with E-state index in [4.69, 9.17) is 0 Å². The molecule has 0 aliphatic rings. The topological polar surface area (TPSA) is 109 Å². The first-order chi connectivity index (χ1) is 8.47. The van der Waals surface area contributed by atoms with Gasteiger partial charge < -0.3 is 10.1 Å². The molecule has 1 aromatic carbocycles. The number of hydrogen-bond acceptors (Lipinski definition) is 5. The van der Waals surface area contributed by atoms with Crippen molar-refractivity contribution in [2.45, 2.75) is 6.92 Å². The SMILES string of the molecule is Cc1ccc([N+](=O)[O-])cc1-c1nc(O)cc(=O)[nH]1. The Morgan fingerprint density at radius 3 is 2.72 bits per heavy atom. The molecule has 7 heteroatoms. The molecule has 18 heavy (non-hydrogen) atoms. The van der Waals surface area contributed by atoms with Crippen LogP contribution in [0.2, 0.25) is 0 Å². The van der Waals surface area contributed by atoms with E-state index in [2.05, 4.69) is 9.97 Å². The Hall–Kier alpha value is -2.70. The number of hydrogen-bond donors (Lipinski definition) is 2. The fourth-order valence-corrected chi connectivity index (χ4v) is 1.55. The van der Waals surface area contributed by atoms with Crippen molar-refractivity contribution < 1.29 is 10.0 Å². The second kappa shape index (κ2) is 4.28. The Balaban J connectivity index is 2.65. The summed E-state index contributed by atoms with van der Waals surface area (Å²) < 4.78 is 0. The summed E-state index contributed by atoms with van der Waals surface area (Å²) in [7, 11) is 0. The van der Waals surface area contributed by atoms with Gasteiger partial charge in [-0.25, -0.2) is 0 Å². The van der Waals surface area contributed by atoms with Crippen LogP contribution in [0.4, 0.5) is 5.69 Å². The largest absolute Gasteiger partial charge is 0.493 e. The van der Waals surface area contributed by atoms with Crippen LogP contribution in [0.5, 0.6) is 5.88 Å². The summed E-state index contributed by atoms with van der Waals surface area (Å²) in [6.45, 7) is 1.73. The van der Waals surface area contributed by atoms with Crippen molar-refractivity contribution in [2.75, 3.05) is 0 Å². The van der Waals surface area contributed by atoms with Crippen LogP contribution in [0.15, 0.2) is 29.1 Å². The van der Waals surface area contributed by atoms with Gasteiger partial charge in [-0.05, 0) is 12.5 Å². The number of aromatic nitrogens is 2. The first kappa shape index (κ1) is 11.8. The lowest BCUT2D eigenvalue weighted by molar-refractivity contribution is -0.384. The van der Waals surface area contributed by atoms with Gasteiger partial charge in [-0.15, -0.1) is 0 Å². The van der Waals surface area contributed by atoms with E-state index in [0.29, 0.717) is 11.1 Å². The van der Waals surface area contributed by atoms with E-state index in [1.165, 1.54) is 12.1 Å². The number of benzene rings is 1. The summed E-state index contributed by atoms with van der Waals surface area (Å²) in [6.07, 6.45) is 0. The van der Waals surface area contributed by atoms with Crippen LogP contribution >= 0.6 is 0 Å². The molecular weight excluding hydrogens is 238 g/mol. The average Bonchev–Trinajstić information content (AvgIpc) is 2.27. The zero-order valence-corrected chi connectivity index (χ0v) is 9.38. The number of non-ortho nitro benzene ring substituents is 1. The van der Waals surface area contributed by atoms with Crippen LogP contribution in [0.3, 0.4) is 0 Å². The van der Waals surface area contributed by atoms with E-state index in [1.807, 2.05) is 0 Å². The van der Waals surface area contributed by atoms with Gasteiger partial charge in [0.1, 0.15) is 5.82 Å². The molecule has 1 aromatic heterocycles. The van der Waals surface area contributed by atoms with Gasteiger partial charge in [0, 0.05) is 17.7 Å². The van der Waals surface area contributed by atoms with E-state index in [0.717, 1.165) is 6.07 Å². The van der Waals surface area contributed by atoms with Gasteiger partial charge in [0.15, 0.2) is 0 Å². The summed E-state index contributed by atoms with van der Waals surface area (Å²) >= 11 is 0. The minimum atomic E-state index is -0.538. The van der Waals surface area contributed by atoms with Crippen LogP contribution < -0.4 is 5.56 Å². The molecule has 0 atom stereocenters. The molecule has 92 valence electrons. The number of rotatable bonds is 2. The molecule has 0 aliphatic heterocycles. The first-order valence-electron chi connectivity index (χ1n) is 5.03. The Morgan fingerprint density at radius 1 is 1.39 bits per heavy atom. The summed E-state index contributed by atoms with van der Waals surface area (Å²) in [5.74, 6) is -0.333. The predicted molar refractivity (Wildman–Crippen MR) is 63.3 cm³/mol. The van der Waals surface area contributed by atoms with Crippen molar-refractivity contribution in [3.63, 3.8) is 0 Å². The first-order valence-corrected chi connectivity index (χ1v) is 5.03. The van der Waals surface area contributed by atoms with Crippen molar-refractivity contribution in [1.82, 2.24) is 9.97 Å². The number of nitro benzene ring substituents is 1. The molecule has 0 unspecified atom stereocenters. The highest BCUT2D eigenvalue weighted by Gasteiger charge is 2.12. The molecule has 2 aromatic rings. The number of nitro groups is 1. The number of aromatic amines is 1. The Kier molecular flexibility index (Phi) is 2.80. The average molecular weight is 247 g/mol. The third kappa shape index (κ3) is 2.19. The number of aromatic hydroxyl groups is 1. The van der Waals surface area contributed by atoms with Crippen molar-refractivity contribution in [1.29, 1.82) is 0 Å². The highest BCUT2D eigenvalue weighted by atomic mass is 16.6. The van der Waals surface area contributed by atoms with Crippen LogP contribution in [0.1, 0.15) is 5.56 Å². The monoisotopic (exact) mass is 247 g/mol. The Bertz CT molecular complexity index is 678. The summed E-state index contributed by atoms with van der Waals surface area (Å²) in [5.41, 5.74) is 0.469. The van der Waals surface area contributed by atoms with Crippen molar-refractivity contribution >= 4 is 5.69 Å². The summed E-state index contributed by atoms with van der Waals surface area (Å²) in [6, 6.07) is 5.14. The van der Waals surface area contributed by atoms with Crippen LogP contribution in [-0.4, -0.2) is 20.0 Å². The van der Waals surface area contributed by atoms with Crippen LogP contribution in [-0.2, 0) is 0 Å². The summed E-state index contributed by atoms with van der Waals surface area (Å²) in [5, 5.41) is 20.0. The van der Waals surface area contributed by atoms with E-state index >= 15 is 0 Å². The highest BCUT2D eigenvalue weighted by Crippen LogP contribution is 2.25. The van der Waals surface area contributed by atoms with Gasteiger partial charge >= 0.3 is 0 Å². The lowest BCUT2D eigenvalue weighted by Gasteiger charge is -2.04. The normalized spacial score (nSPS) is 10.3. The number of nitrogens with one attached hydrogen (secondary N) is 1. The standard InChI is InChI=1S/C11H9N3O4/c1-6-2-3-7(14(17)18)4-8(6)11-12-9(15)5-10(16)13-11/h2-5H,1H3,(H2,12,13,15,16).